The van der Waals surface area contributed by atoms with Gasteiger partial charge < -0.3 is 4.74 Å². The Morgan fingerprint density at radius 3 is 2.60 bits per heavy atom. The monoisotopic (exact) mass is 141 g/mol. The molecule has 0 radical (unpaired) electrons. The Bertz CT molecular complexity index is 120. The highest BCUT2D eigenvalue weighted by molar-refractivity contribution is 5.10. The van der Waals surface area contributed by atoms with Crippen LogP contribution in [0, 0.1) is 12.3 Å². The maximum absolute atomic E-state index is 5.29. The molecule has 0 aliphatic rings. The molecule has 1 atom stereocenters. The standard InChI is InChI=1S/C8H15NO/c1-5-8(3,7-10-4)9-6-2/h1,9H,6-7H2,2-4H3. The fourth-order valence-electron chi connectivity index (χ4n) is 0.823. The van der Waals surface area contributed by atoms with Gasteiger partial charge in [-0.2, -0.15) is 0 Å². The summed E-state index contributed by atoms with van der Waals surface area (Å²) in [6.45, 7) is 5.38. The van der Waals surface area contributed by atoms with E-state index in [2.05, 4.69) is 11.2 Å². The van der Waals surface area contributed by atoms with Crippen molar-refractivity contribution < 1.29 is 4.74 Å². The van der Waals surface area contributed by atoms with E-state index in [-0.39, 0.29) is 5.54 Å². The van der Waals surface area contributed by atoms with Gasteiger partial charge in [0.25, 0.3) is 0 Å². The third-order valence-corrected chi connectivity index (χ3v) is 1.32. The molecule has 58 valence electrons. The smallest absolute Gasteiger partial charge is 0.101 e. The minimum Gasteiger partial charge on any atom is -0.382 e. The van der Waals surface area contributed by atoms with E-state index in [1.165, 1.54) is 0 Å². The van der Waals surface area contributed by atoms with Gasteiger partial charge in [0.2, 0.25) is 0 Å². The molecule has 0 bridgehead atoms. The molecule has 0 amide bonds. The first-order valence-electron chi connectivity index (χ1n) is 3.40. The molecular weight excluding hydrogens is 126 g/mol. The van der Waals surface area contributed by atoms with Crippen molar-refractivity contribution in [1.29, 1.82) is 0 Å². The Hall–Kier alpha value is -0.520. The molecule has 1 N–H and O–H groups in total. The lowest BCUT2D eigenvalue weighted by molar-refractivity contribution is 0.148. The van der Waals surface area contributed by atoms with Crippen molar-refractivity contribution in [3.8, 4) is 12.3 Å². The Labute approximate surface area is 63.0 Å². The van der Waals surface area contributed by atoms with E-state index in [4.69, 9.17) is 11.2 Å². The number of methoxy groups -OCH3 is 1. The van der Waals surface area contributed by atoms with Crippen LogP contribution in [-0.2, 0) is 4.74 Å². The number of ether oxygens (including phenoxy) is 1. The summed E-state index contributed by atoms with van der Waals surface area (Å²) in [6, 6.07) is 0. The van der Waals surface area contributed by atoms with Crippen LogP contribution in [0.15, 0.2) is 0 Å². The maximum atomic E-state index is 5.29. The number of hydrogen-bond acceptors (Lipinski definition) is 2. The first-order chi connectivity index (χ1) is 4.68. The van der Waals surface area contributed by atoms with E-state index in [0.29, 0.717) is 6.61 Å². The summed E-state index contributed by atoms with van der Waals surface area (Å²) in [4.78, 5) is 0. The third kappa shape index (κ3) is 2.86. The van der Waals surface area contributed by atoms with Crippen LogP contribution in [0.4, 0.5) is 0 Å². The van der Waals surface area contributed by atoms with Gasteiger partial charge in [-0.15, -0.1) is 6.42 Å². The van der Waals surface area contributed by atoms with Crippen molar-refractivity contribution in [1.82, 2.24) is 5.32 Å². The second-order valence-corrected chi connectivity index (χ2v) is 2.44. The van der Waals surface area contributed by atoms with Gasteiger partial charge in [-0.25, -0.2) is 0 Å². The molecule has 0 aliphatic heterocycles. The second-order valence-electron chi connectivity index (χ2n) is 2.44. The molecular formula is C8H15NO. The molecule has 0 spiro atoms. The minimum absolute atomic E-state index is 0.302. The molecule has 1 unspecified atom stereocenters. The van der Waals surface area contributed by atoms with Crippen LogP contribution >= 0.6 is 0 Å². The Balaban J connectivity index is 3.85. The van der Waals surface area contributed by atoms with E-state index in [1.54, 1.807) is 7.11 Å². The van der Waals surface area contributed by atoms with E-state index in [9.17, 15) is 0 Å². The molecule has 0 aromatic heterocycles. The summed E-state index contributed by atoms with van der Waals surface area (Å²) in [5, 5.41) is 3.15. The van der Waals surface area contributed by atoms with Crippen molar-refractivity contribution >= 4 is 0 Å². The van der Waals surface area contributed by atoms with Crippen LogP contribution in [0.2, 0.25) is 0 Å². The summed E-state index contributed by atoms with van der Waals surface area (Å²) >= 11 is 0. The number of terminal acetylenes is 1. The van der Waals surface area contributed by atoms with Gasteiger partial charge in [-0.3, -0.25) is 5.32 Å². The highest BCUT2D eigenvalue weighted by Crippen LogP contribution is 2.00. The van der Waals surface area contributed by atoms with Crippen LogP contribution in [0.5, 0.6) is 0 Å². The van der Waals surface area contributed by atoms with Crippen molar-refractivity contribution in [2.24, 2.45) is 0 Å². The number of likely N-dealkylation sites (N-methyl/N-ethyl adjacent to an activating group) is 1. The van der Waals surface area contributed by atoms with Crippen molar-refractivity contribution in [2.75, 3.05) is 20.3 Å². The zero-order valence-electron chi connectivity index (χ0n) is 6.90. The molecule has 0 aromatic rings. The van der Waals surface area contributed by atoms with Crippen molar-refractivity contribution in [2.45, 2.75) is 19.4 Å². The van der Waals surface area contributed by atoms with Crippen molar-refractivity contribution in [3.63, 3.8) is 0 Å². The summed E-state index contributed by atoms with van der Waals surface area (Å²) in [5.74, 6) is 2.64. The molecule has 10 heavy (non-hydrogen) atoms. The predicted octanol–water partition coefficient (Wildman–Crippen LogP) is 0.634. The lowest BCUT2D eigenvalue weighted by atomic mass is 10.1. The molecule has 0 aliphatic carbocycles. The lowest BCUT2D eigenvalue weighted by Gasteiger charge is -2.22. The van der Waals surface area contributed by atoms with Gasteiger partial charge in [-0.1, -0.05) is 12.8 Å². The van der Waals surface area contributed by atoms with Crippen LogP contribution in [0.25, 0.3) is 0 Å². The van der Waals surface area contributed by atoms with Crippen LogP contribution < -0.4 is 5.32 Å². The van der Waals surface area contributed by atoms with Crippen molar-refractivity contribution in [3.05, 3.63) is 0 Å². The number of rotatable bonds is 4. The Kier molecular flexibility index (Phi) is 4.10. The van der Waals surface area contributed by atoms with Gasteiger partial charge in [0.1, 0.15) is 5.54 Å². The van der Waals surface area contributed by atoms with Gasteiger partial charge >= 0.3 is 0 Å². The summed E-state index contributed by atoms with van der Waals surface area (Å²) in [5.41, 5.74) is -0.302. The van der Waals surface area contributed by atoms with Gasteiger partial charge in [-0.05, 0) is 13.5 Å². The third-order valence-electron chi connectivity index (χ3n) is 1.32. The van der Waals surface area contributed by atoms with Crippen LogP contribution in [-0.4, -0.2) is 25.8 Å². The SMILES string of the molecule is C#CC(C)(COC)NCC. The molecule has 0 heterocycles. The average molecular weight is 141 g/mol. The zero-order valence-corrected chi connectivity index (χ0v) is 6.90. The normalized spacial score (nSPS) is 15.8. The first kappa shape index (κ1) is 9.48. The second kappa shape index (κ2) is 4.32. The topological polar surface area (TPSA) is 21.3 Å². The average Bonchev–Trinajstić information content (AvgIpc) is 1.89. The Morgan fingerprint density at radius 1 is 1.70 bits per heavy atom. The van der Waals surface area contributed by atoms with Gasteiger partial charge in [0.05, 0.1) is 6.61 Å². The minimum atomic E-state index is -0.302. The molecule has 0 rings (SSSR count). The molecule has 0 saturated carbocycles. The summed E-state index contributed by atoms with van der Waals surface area (Å²) < 4.78 is 4.95. The number of hydrogen-bond donors (Lipinski definition) is 1. The highest BCUT2D eigenvalue weighted by Gasteiger charge is 2.18. The molecule has 2 nitrogen and oxygen atoms in total. The lowest BCUT2D eigenvalue weighted by Crippen LogP contribution is -2.44. The summed E-state index contributed by atoms with van der Waals surface area (Å²) in [7, 11) is 1.65. The number of nitrogens with one attached hydrogen (secondary N) is 1. The molecule has 2 heteroatoms. The fraction of sp³-hybridized carbons (Fsp3) is 0.750. The largest absolute Gasteiger partial charge is 0.382 e. The fourth-order valence-corrected chi connectivity index (χ4v) is 0.823. The van der Waals surface area contributed by atoms with E-state index in [0.717, 1.165) is 6.54 Å². The van der Waals surface area contributed by atoms with Crippen LogP contribution in [0.1, 0.15) is 13.8 Å². The Morgan fingerprint density at radius 2 is 2.30 bits per heavy atom. The molecule has 0 aromatic carbocycles. The summed E-state index contributed by atoms with van der Waals surface area (Å²) in [6.07, 6.45) is 5.29. The highest BCUT2D eigenvalue weighted by atomic mass is 16.5. The predicted molar refractivity (Wildman–Crippen MR) is 42.8 cm³/mol. The zero-order chi connectivity index (χ0) is 8.04. The first-order valence-corrected chi connectivity index (χ1v) is 3.40. The molecule has 0 fully saturated rings. The quantitative estimate of drug-likeness (QED) is 0.580. The van der Waals surface area contributed by atoms with E-state index >= 15 is 0 Å². The van der Waals surface area contributed by atoms with Gasteiger partial charge in [0.15, 0.2) is 0 Å². The van der Waals surface area contributed by atoms with Gasteiger partial charge in [0, 0.05) is 7.11 Å². The molecule has 0 saturated heterocycles. The van der Waals surface area contributed by atoms with E-state index in [1.807, 2.05) is 13.8 Å². The van der Waals surface area contributed by atoms with Crippen LogP contribution in [0.3, 0.4) is 0 Å². The van der Waals surface area contributed by atoms with E-state index < -0.39 is 0 Å². The maximum Gasteiger partial charge on any atom is 0.101 e.